The van der Waals surface area contributed by atoms with Crippen LogP contribution in [-0.2, 0) is 6.42 Å². The molecule has 2 N–H and O–H groups in total. The Balaban J connectivity index is 2.10. The SMILES string of the molecule is CC(N)Cc1cccc(Br)c1OC1CCC(C)CC1. The third-order valence-electron chi connectivity index (χ3n) is 3.84. The van der Waals surface area contributed by atoms with E-state index in [4.69, 9.17) is 10.5 Å². The van der Waals surface area contributed by atoms with Crippen molar-refractivity contribution < 1.29 is 4.74 Å². The first-order valence-corrected chi connectivity index (χ1v) is 8.05. The molecule has 1 fully saturated rings. The van der Waals surface area contributed by atoms with E-state index in [2.05, 4.69) is 35.0 Å². The molecule has 0 spiro atoms. The maximum Gasteiger partial charge on any atom is 0.137 e. The second-order valence-corrected chi connectivity index (χ2v) is 6.76. The Morgan fingerprint density at radius 1 is 1.32 bits per heavy atom. The fraction of sp³-hybridized carbons (Fsp3) is 0.625. The number of hydrogen-bond donors (Lipinski definition) is 1. The van der Waals surface area contributed by atoms with Crippen LogP contribution in [-0.4, -0.2) is 12.1 Å². The van der Waals surface area contributed by atoms with Crippen LogP contribution in [0.2, 0.25) is 0 Å². The molecule has 106 valence electrons. The van der Waals surface area contributed by atoms with Crippen LogP contribution in [0, 0.1) is 5.92 Å². The molecule has 2 nitrogen and oxygen atoms in total. The summed E-state index contributed by atoms with van der Waals surface area (Å²) in [6, 6.07) is 6.38. The van der Waals surface area contributed by atoms with Crippen LogP contribution in [0.25, 0.3) is 0 Å². The standard InChI is InChI=1S/C16H24BrNO/c1-11-6-8-14(9-7-11)19-16-13(10-12(2)18)4-3-5-15(16)17/h3-5,11-12,14H,6-10,18H2,1-2H3. The minimum Gasteiger partial charge on any atom is -0.489 e. The summed E-state index contributed by atoms with van der Waals surface area (Å²) in [5.74, 6) is 1.85. The van der Waals surface area contributed by atoms with Crippen LogP contribution in [0.4, 0.5) is 0 Å². The van der Waals surface area contributed by atoms with Gasteiger partial charge in [-0.3, -0.25) is 0 Å². The normalized spacial score (nSPS) is 25.1. The quantitative estimate of drug-likeness (QED) is 0.895. The van der Waals surface area contributed by atoms with Crippen molar-refractivity contribution in [3.8, 4) is 5.75 Å². The first-order chi connectivity index (χ1) is 9.06. The molecule has 19 heavy (non-hydrogen) atoms. The Labute approximate surface area is 124 Å². The van der Waals surface area contributed by atoms with Crippen molar-refractivity contribution in [2.24, 2.45) is 11.7 Å². The minimum atomic E-state index is 0.156. The Hall–Kier alpha value is -0.540. The Bertz CT molecular complexity index is 411. The molecular weight excluding hydrogens is 302 g/mol. The molecule has 0 bridgehead atoms. The van der Waals surface area contributed by atoms with Gasteiger partial charge < -0.3 is 10.5 Å². The van der Waals surface area contributed by atoms with E-state index in [9.17, 15) is 0 Å². The average Bonchev–Trinajstić information content (AvgIpc) is 2.35. The summed E-state index contributed by atoms with van der Waals surface area (Å²) in [7, 11) is 0. The molecule has 3 heteroatoms. The van der Waals surface area contributed by atoms with Gasteiger partial charge in [0.15, 0.2) is 0 Å². The number of benzene rings is 1. The number of hydrogen-bond acceptors (Lipinski definition) is 2. The zero-order valence-corrected chi connectivity index (χ0v) is 13.4. The predicted molar refractivity (Wildman–Crippen MR) is 83.5 cm³/mol. The van der Waals surface area contributed by atoms with Crippen molar-refractivity contribution >= 4 is 15.9 Å². The highest BCUT2D eigenvalue weighted by Gasteiger charge is 2.21. The second kappa shape index (κ2) is 6.76. The summed E-state index contributed by atoms with van der Waals surface area (Å²) in [6.45, 7) is 4.36. The molecule has 2 rings (SSSR count). The summed E-state index contributed by atoms with van der Waals surface area (Å²) >= 11 is 3.61. The van der Waals surface area contributed by atoms with E-state index in [0.717, 1.165) is 22.6 Å². The highest BCUT2D eigenvalue weighted by atomic mass is 79.9. The largest absolute Gasteiger partial charge is 0.489 e. The van der Waals surface area contributed by atoms with E-state index in [1.54, 1.807) is 0 Å². The lowest BCUT2D eigenvalue weighted by atomic mass is 9.89. The molecule has 1 aliphatic rings. The van der Waals surface area contributed by atoms with E-state index >= 15 is 0 Å². The molecule has 1 saturated carbocycles. The molecule has 0 amide bonds. The molecule has 1 aromatic carbocycles. The third kappa shape index (κ3) is 4.22. The molecule has 0 saturated heterocycles. The molecule has 0 aromatic heterocycles. The molecule has 0 heterocycles. The monoisotopic (exact) mass is 325 g/mol. The van der Waals surface area contributed by atoms with Crippen molar-refractivity contribution in [3.63, 3.8) is 0 Å². The molecular formula is C16H24BrNO. The lowest BCUT2D eigenvalue weighted by Gasteiger charge is -2.28. The molecule has 0 aliphatic heterocycles. The Morgan fingerprint density at radius 2 is 2.00 bits per heavy atom. The number of para-hydroxylation sites is 1. The van der Waals surface area contributed by atoms with E-state index < -0.39 is 0 Å². The van der Waals surface area contributed by atoms with Crippen molar-refractivity contribution in [3.05, 3.63) is 28.2 Å². The average molecular weight is 326 g/mol. The Kier molecular flexibility index (Phi) is 5.28. The van der Waals surface area contributed by atoms with Crippen molar-refractivity contribution in [1.29, 1.82) is 0 Å². The van der Waals surface area contributed by atoms with Gasteiger partial charge in [0.05, 0.1) is 10.6 Å². The summed E-state index contributed by atoms with van der Waals surface area (Å²) in [5.41, 5.74) is 7.13. The van der Waals surface area contributed by atoms with Gasteiger partial charge in [0, 0.05) is 6.04 Å². The van der Waals surface area contributed by atoms with Gasteiger partial charge in [-0.15, -0.1) is 0 Å². The van der Waals surface area contributed by atoms with Gasteiger partial charge in [-0.25, -0.2) is 0 Å². The van der Waals surface area contributed by atoms with E-state index in [-0.39, 0.29) is 6.04 Å². The molecule has 1 aliphatic carbocycles. The fourth-order valence-corrected chi connectivity index (χ4v) is 3.21. The van der Waals surface area contributed by atoms with Gasteiger partial charge in [-0.2, -0.15) is 0 Å². The summed E-state index contributed by atoms with van der Waals surface area (Å²) in [4.78, 5) is 0. The van der Waals surface area contributed by atoms with E-state index in [0.29, 0.717) is 6.10 Å². The zero-order chi connectivity index (χ0) is 13.8. The van der Waals surface area contributed by atoms with Gasteiger partial charge in [0.1, 0.15) is 5.75 Å². The van der Waals surface area contributed by atoms with Crippen LogP contribution in [0.15, 0.2) is 22.7 Å². The summed E-state index contributed by atoms with van der Waals surface area (Å²) in [6.07, 6.45) is 6.11. The Morgan fingerprint density at radius 3 is 2.63 bits per heavy atom. The van der Waals surface area contributed by atoms with E-state index in [1.165, 1.54) is 31.2 Å². The number of halogens is 1. The van der Waals surface area contributed by atoms with Crippen LogP contribution in [0.1, 0.15) is 45.1 Å². The van der Waals surface area contributed by atoms with E-state index in [1.807, 2.05) is 13.0 Å². The van der Waals surface area contributed by atoms with Gasteiger partial charge in [-0.05, 0) is 72.5 Å². The van der Waals surface area contributed by atoms with Crippen LogP contribution in [0.3, 0.4) is 0 Å². The summed E-state index contributed by atoms with van der Waals surface area (Å²) < 4.78 is 7.31. The smallest absolute Gasteiger partial charge is 0.137 e. The zero-order valence-electron chi connectivity index (χ0n) is 11.9. The number of ether oxygens (including phenoxy) is 1. The third-order valence-corrected chi connectivity index (χ3v) is 4.46. The lowest BCUT2D eigenvalue weighted by Crippen LogP contribution is -2.24. The van der Waals surface area contributed by atoms with Gasteiger partial charge in [0.25, 0.3) is 0 Å². The summed E-state index contributed by atoms with van der Waals surface area (Å²) in [5, 5.41) is 0. The fourth-order valence-electron chi connectivity index (χ4n) is 2.71. The maximum atomic E-state index is 6.26. The van der Waals surface area contributed by atoms with Crippen molar-refractivity contribution in [2.45, 2.75) is 58.1 Å². The molecule has 0 radical (unpaired) electrons. The van der Waals surface area contributed by atoms with Gasteiger partial charge in [0.2, 0.25) is 0 Å². The predicted octanol–water partition coefficient (Wildman–Crippen LogP) is 4.30. The highest BCUT2D eigenvalue weighted by Crippen LogP contribution is 2.34. The number of nitrogens with two attached hydrogens (primary N) is 1. The molecule has 1 aromatic rings. The number of rotatable bonds is 4. The van der Waals surface area contributed by atoms with Gasteiger partial charge in [-0.1, -0.05) is 19.1 Å². The van der Waals surface area contributed by atoms with Crippen LogP contribution >= 0.6 is 15.9 Å². The van der Waals surface area contributed by atoms with Crippen LogP contribution < -0.4 is 10.5 Å². The molecule has 1 atom stereocenters. The first-order valence-electron chi connectivity index (χ1n) is 7.26. The highest BCUT2D eigenvalue weighted by molar-refractivity contribution is 9.10. The minimum absolute atomic E-state index is 0.156. The first kappa shape index (κ1) is 14.9. The van der Waals surface area contributed by atoms with Crippen LogP contribution in [0.5, 0.6) is 5.75 Å². The van der Waals surface area contributed by atoms with Crippen molar-refractivity contribution in [1.82, 2.24) is 0 Å². The lowest BCUT2D eigenvalue weighted by molar-refractivity contribution is 0.133. The van der Waals surface area contributed by atoms with Gasteiger partial charge >= 0.3 is 0 Å². The maximum absolute atomic E-state index is 6.26. The second-order valence-electron chi connectivity index (χ2n) is 5.91. The topological polar surface area (TPSA) is 35.2 Å². The van der Waals surface area contributed by atoms with Crippen molar-refractivity contribution in [2.75, 3.05) is 0 Å². The molecule has 1 unspecified atom stereocenters.